The molecule has 34 heavy (non-hydrogen) atoms. The molecule has 0 spiro atoms. The van der Waals surface area contributed by atoms with Crippen LogP contribution in [0.1, 0.15) is 29.6 Å². The predicted molar refractivity (Wildman–Crippen MR) is 129 cm³/mol. The van der Waals surface area contributed by atoms with Gasteiger partial charge in [-0.15, -0.1) is 0 Å². The fourth-order valence-electron chi connectivity index (χ4n) is 4.41. The largest absolute Gasteiger partial charge is 0.457 e. The van der Waals surface area contributed by atoms with Crippen LogP contribution >= 0.6 is 0 Å². The zero-order valence-electron chi connectivity index (χ0n) is 19.1. The second-order valence-corrected chi connectivity index (χ2v) is 8.63. The van der Waals surface area contributed by atoms with Crippen LogP contribution < -0.4 is 14.5 Å². The van der Waals surface area contributed by atoms with Gasteiger partial charge in [0.2, 0.25) is 5.95 Å². The van der Waals surface area contributed by atoms with Crippen LogP contribution in [0.3, 0.4) is 0 Å². The summed E-state index contributed by atoms with van der Waals surface area (Å²) in [6, 6.07) is 14.9. The standard InChI is InChI=1S/C26H28FN5O2/c27-21-7-9-22(10-8-21)34-23-6-4-5-20(19-23)25(33)31-17-15-30(16-18-31)24-11-12-28-26(29-24)32-13-2-1-3-14-32/h4-12,19H,1-3,13-18H2. The van der Waals surface area contributed by atoms with Crippen molar-refractivity contribution in [2.24, 2.45) is 0 Å². The van der Waals surface area contributed by atoms with Crippen molar-refractivity contribution in [3.05, 3.63) is 72.2 Å². The summed E-state index contributed by atoms with van der Waals surface area (Å²) in [6.45, 7) is 4.68. The van der Waals surface area contributed by atoms with Crippen molar-refractivity contribution >= 4 is 17.7 Å². The Bertz CT molecular complexity index is 1130. The first-order valence-corrected chi connectivity index (χ1v) is 11.8. The molecule has 0 N–H and O–H groups in total. The third-order valence-electron chi connectivity index (χ3n) is 6.29. The first kappa shape index (κ1) is 22.1. The van der Waals surface area contributed by atoms with E-state index in [0.717, 1.165) is 24.9 Å². The SMILES string of the molecule is O=C(c1cccc(Oc2ccc(F)cc2)c1)N1CCN(c2ccnc(N3CCCCC3)n2)CC1. The van der Waals surface area contributed by atoms with E-state index in [0.29, 0.717) is 43.2 Å². The van der Waals surface area contributed by atoms with Gasteiger partial charge >= 0.3 is 0 Å². The number of piperazine rings is 1. The molecule has 3 aromatic rings. The molecule has 176 valence electrons. The maximum atomic E-state index is 13.1. The average molecular weight is 462 g/mol. The van der Waals surface area contributed by atoms with Crippen molar-refractivity contribution in [2.45, 2.75) is 19.3 Å². The molecule has 2 saturated heterocycles. The van der Waals surface area contributed by atoms with Gasteiger partial charge in [0.1, 0.15) is 23.1 Å². The number of aromatic nitrogens is 2. The van der Waals surface area contributed by atoms with Gasteiger partial charge in [-0.1, -0.05) is 6.07 Å². The molecule has 1 amide bonds. The lowest BCUT2D eigenvalue weighted by Crippen LogP contribution is -2.49. The topological polar surface area (TPSA) is 61.8 Å². The number of nitrogens with zero attached hydrogens (tertiary/aromatic N) is 5. The predicted octanol–water partition coefficient (Wildman–Crippen LogP) is 4.36. The highest BCUT2D eigenvalue weighted by molar-refractivity contribution is 5.94. The van der Waals surface area contributed by atoms with Crippen LogP contribution in [0.15, 0.2) is 60.8 Å². The molecule has 2 fully saturated rings. The highest BCUT2D eigenvalue weighted by atomic mass is 19.1. The van der Waals surface area contributed by atoms with Crippen molar-refractivity contribution in [2.75, 3.05) is 49.1 Å². The fourth-order valence-corrected chi connectivity index (χ4v) is 4.41. The molecule has 7 nitrogen and oxygen atoms in total. The molecule has 3 heterocycles. The Morgan fingerprint density at radius 1 is 0.824 bits per heavy atom. The summed E-state index contributed by atoms with van der Waals surface area (Å²) in [7, 11) is 0. The fraction of sp³-hybridized carbons (Fsp3) is 0.346. The summed E-state index contributed by atoms with van der Waals surface area (Å²) in [5, 5.41) is 0. The molecule has 2 aliphatic heterocycles. The normalized spacial score (nSPS) is 16.4. The molecule has 0 bridgehead atoms. The highest BCUT2D eigenvalue weighted by Gasteiger charge is 2.24. The van der Waals surface area contributed by atoms with E-state index in [9.17, 15) is 9.18 Å². The summed E-state index contributed by atoms with van der Waals surface area (Å²) in [5.41, 5.74) is 0.572. The van der Waals surface area contributed by atoms with Crippen LogP contribution in [0.5, 0.6) is 11.5 Å². The lowest BCUT2D eigenvalue weighted by Gasteiger charge is -2.36. The lowest BCUT2D eigenvalue weighted by molar-refractivity contribution is 0.0746. The van der Waals surface area contributed by atoms with Crippen molar-refractivity contribution in [1.29, 1.82) is 0 Å². The van der Waals surface area contributed by atoms with Gasteiger partial charge in [-0.2, -0.15) is 4.98 Å². The molecule has 5 rings (SSSR count). The summed E-state index contributed by atoms with van der Waals surface area (Å²) in [6.07, 6.45) is 5.47. The van der Waals surface area contributed by atoms with Crippen LogP contribution in [-0.2, 0) is 0 Å². The monoisotopic (exact) mass is 461 g/mol. The molecule has 0 atom stereocenters. The smallest absolute Gasteiger partial charge is 0.254 e. The number of piperidine rings is 1. The van der Waals surface area contributed by atoms with E-state index in [1.54, 1.807) is 36.4 Å². The van der Waals surface area contributed by atoms with E-state index >= 15 is 0 Å². The molecule has 1 aromatic heterocycles. The Balaban J connectivity index is 1.20. The number of carbonyl (C=O) groups is 1. The number of amides is 1. The van der Waals surface area contributed by atoms with Crippen molar-refractivity contribution in [3.8, 4) is 11.5 Å². The summed E-state index contributed by atoms with van der Waals surface area (Å²) >= 11 is 0. The zero-order valence-corrected chi connectivity index (χ0v) is 19.1. The number of carbonyl (C=O) groups excluding carboxylic acids is 1. The van der Waals surface area contributed by atoms with E-state index in [2.05, 4.69) is 14.8 Å². The minimum absolute atomic E-state index is 0.0269. The second-order valence-electron chi connectivity index (χ2n) is 8.63. The summed E-state index contributed by atoms with van der Waals surface area (Å²) in [4.78, 5) is 28.7. The Morgan fingerprint density at radius 3 is 2.35 bits per heavy atom. The number of anilines is 2. The molecular formula is C26H28FN5O2. The molecule has 2 aliphatic rings. The maximum absolute atomic E-state index is 13.1. The molecule has 0 aliphatic carbocycles. The van der Waals surface area contributed by atoms with Gasteiger partial charge in [-0.3, -0.25) is 4.79 Å². The number of benzene rings is 2. The number of ether oxygens (including phenoxy) is 1. The number of halogens is 1. The molecule has 8 heteroatoms. The van der Waals surface area contributed by atoms with Crippen molar-refractivity contribution in [3.63, 3.8) is 0 Å². The van der Waals surface area contributed by atoms with E-state index < -0.39 is 0 Å². The quantitative estimate of drug-likeness (QED) is 0.563. The lowest BCUT2D eigenvalue weighted by atomic mass is 10.1. The minimum atomic E-state index is -0.319. The number of hydrogen-bond donors (Lipinski definition) is 0. The first-order chi connectivity index (χ1) is 16.7. The van der Waals surface area contributed by atoms with E-state index in [1.807, 2.05) is 17.2 Å². The summed E-state index contributed by atoms with van der Waals surface area (Å²) in [5.74, 6) is 2.43. The van der Waals surface area contributed by atoms with Crippen LogP contribution in [0.25, 0.3) is 0 Å². The van der Waals surface area contributed by atoms with E-state index in [4.69, 9.17) is 9.72 Å². The molecule has 0 radical (unpaired) electrons. The van der Waals surface area contributed by atoms with Gasteiger partial charge in [-0.05, 0) is 67.8 Å². The highest BCUT2D eigenvalue weighted by Crippen LogP contribution is 2.24. The van der Waals surface area contributed by atoms with E-state index in [-0.39, 0.29) is 11.7 Å². The maximum Gasteiger partial charge on any atom is 0.254 e. The summed E-state index contributed by atoms with van der Waals surface area (Å²) < 4.78 is 18.9. The Labute approximate surface area is 198 Å². The van der Waals surface area contributed by atoms with Crippen LogP contribution in [0.4, 0.5) is 16.2 Å². The van der Waals surface area contributed by atoms with Crippen LogP contribution in [0, 0.1) is 5.82 Å². The van der Waals surface area contributed by atoms with Gasteiger partial charge in [0.05, 0.1) is 0 Å². The van der Waals surface area contributed by atoms with Gasteiger partial charge in [0, 0.05) is 51.0 Å². The van der Waals surface area contributed by atoms with Gasteiger partial charge < -0.3 is 19.4 Å². The minimum Gasteiger partial charge on any atom is -0.457 e. The average Bonchev–Trinajstić information content (AvgIpc) is 2.90. The molecular weight excluding hydrogens is 433 g/mol. The van der Waals surface area contributed by atoms with Gasteiger partial charge in [0.25, 0.3) is 5.91 Å². The first-order valence-electron chi connectivity index (χ1n) is 11.8. The Kier molecular flexibility index (Phi) is 6.56. The molecule has 2 aromatic carbocycles. The van der Waals surface area contributed by atoms with E-state index in [1.165, 1.54) is 31.4 Å². The van der Waals surface area contributed by atoms with Crippen molar-refractivity contribution < 1.29 is 13.9 Å². The Morgan fingerprint density at radius 2 is 1.59 bits per heavy atom. The van der Waals surface area contributed by atoms with Gasteiger partial charge in [-0.25, -0.2) is 9.37 Å². The molecule has 0 unspecified atom stereocenters. The zero-order chi connectivity index (χ0) is 23.3. The Hall–Kier alpha value is -3.68. The second kappa shape index (κ2) is 10.1. The van der Waals surface area contributed by atoms with Crippen molar-refractivity contribution in [1.82, 2.24) is 14.9 Å². The van der Waals surface area contributed by atoms with Crippen LogP contribution in [0.2, 0.25) is 0 Å². The van der Waals surface area contributed by atoms with Gasteiger partial charge in [0.15, 0.2) is 0 Å². The third kappa shape index (κ3) is 5.11. The number of rotatable bonds is 5. The molecule has 0 saturated carbocycles. The van der Waals surface area contributed by atoms with Crippen LogP contribution in [-0.4, -0.2) is 60.0 Å². The third-order valence-corrected chi connectivity index (χ3v) is 6.29. The number of hydrogen-bond acceptors (Lipinski definition) is 6.